The average Bonchev–Trinajstić information content (AvgIpc) is 2.60. The van der Waals surface area contributed by atoms with Gasteiger partial charge in [-0.1, -0.05) is 6.92 Å². The lowest BCUT2D eigenvalue weighted by atomic mass is 9.85. The van der Waals surface area contributed by atoms with E-state index in [1.54, 1.807) is 17.0 Å². The van der Waals surface area contributed by atoms with Gasteiger partial charge < -0.3 is 15.0 Å². The zero-order valence-corrected chi connectivity index (χ0v) is 14.8. The summed E-state index contributed by atoms with van der Waals surface area (Å²) in [5.41, 5.74) is 0. The summed E-state index contributed by atoms with van der Waals surface area (Å²) in [7, 11) is 1.85. The van der Waals surface area contributed by atoms with E-state index in [9.17, 15) is 9.18 Å². The lowest BCUT2D eigenvalue weighted by Crippen LogP contribution is -2.36. The fraction of sp³-hybridized carbons (Fsp3) is 0.632. The summed E-state index contributed by atoms with van der Waals surface area (Å²) < 4.78 is 18.4. The molecule has 0 spiro atoms. The molecule has 4 nitrogen and oxygen atoms in total. The van der Waals surface area contributed by atoms with Crippen LogP contribution in [0.5, 0.6) is 5.75 Å². The number of nitrogens with zero attached hydrogens (tertiary/aromatic N) is 1. The first-order valence-electron chi connectivity index (χ1n) is 8.89. The molecular weight excluding hydrogens is 307 g/mol. The Hall–Kier alpha value is -1.62. The van der Waals surface area contributed by atoms with Crippen LogP contribution in [0.3, 0.4) is 0 Å². The van der Waals surface area contributed by atoms with Gasteiger partial charge in [0.05, 0.1) is 6.61 Å². The number of carbonyl (C=O) groups is 1. The summed E-state index contributed by atoms with van der Waals surface area (Å²) >= 11 is 0. The number of rotatable bonds is 8. The highest BCUT2D eigenvalue weighted by atomic mass is 19.1. The van der Waals surface area contributed by atoms with Crippen molar-refractivity contribution >= 4 is 5.91 Å². The molecule has 2 unspecified atom stereocenters. The third kappa shape index (κ3) is 6.11. The molecule has 1 fully saturated rings. The second kappa shape index (κ2) is 9.62. The van der Waals surface area contributed by atoms with Gasteiger partial charge in [0.15, 0.2) is 0 Å². The van der Waals surface area contributed by atoms with Gasteiger partial charge in [0, 0.05) is 20.0 Å². The standard InChI is InChI=1S/C19H29FN2O2/c1-15(16-5-3-10-21-14-16)13-19(23)22(2)11-4-12-24-18-8-6-17(20)7-9-18/h6-9,15-16,21H,3-5,10-14H2,1-2H3. The fourth-order valence-corrected chi connectivity index (χ4v) is 3.11. The number of ether oxygens (including phenoxy) is 1. The lowest BCUT2D eigenvalue weighted by Gasteiger charge is -2.29. The molecule has 2 rings (SSSR count). The van der Waals surface area contributed by atoms with E-state index in [2.05, 4.69) is 12.2 Å². The Bertz CT molecular complexity index is 501. The molecule has 1 aliphatic heterocycles. The zero-order chi connectivity index (χ0) is 17.4. The first-order chi connectivity index (χ1) is 11.6. The Morgan fingerprint density at radius 2 is 2.17 bits per heavy atom. The fourth-order valence-electron chi connectivity index (χ4n) is 3.11. The molecule has 1 saturated heterocycles. The number of nitrogens with one attached hydrogen (secondary N) is 1. The molecule has 1 aliphatic rings. The van der Waals surface area contributed by atoms with Gasteiger partial charge in [0.2, 0.25) is 5.91 Å². The van der Waals surface area contributed by atoms with E-state index < -0.39 is 0 Å². The van der Waals surface area contributed by atoms with E-state index >= 15 is 0 Å². The van der Waals surface area contributed by atoms with Crippen LogP contribution in [0.15, 0.2) is 24.3 Å². The largest absolute Gasteiger partial charge is 0.494 e. The molecule has 1 N–H and O–H groups in total. The Kier molecular flexibility index (Phi) is 7.50. The van der Waals surface area contributed by atoms with Gasteiger partial charge in [-0.05, 0) is 68.5 Å². The quantitative estimate of drug-likeness (QED) is 0.742. The van der Waals surface area contributed by atoms with Gasteiger partial charge in [-0.25, -0.2) is 4.39 Å². The van der Waals surface area contributed by atoms with Crippen molar-refractivity contribution in [2.75, 3.05) is 33.3 Å². The molecule has 0 saturated carbocycles. The molecule has 0 aromatic heterocycles. The van der Waals surface area contributed by atoms with E-state index in [-0.39, 0.29) is 11.7 Å². The van der Waals surface area contributed by atoms with Crippen molar-refractivity contribution < 1.29 is 13.9 Å². The highest BCUT2D eigenvalue weighted by molar-refractivity contribution is 5.76. The highest BCUT2D eigenvalue weighted by Gasteiger charge is 2.23. The first-order valence-corrected chi connectivity index (χ1v) is 8.89. The minimum absolute atomic E-state index is 0.204. The van der Waals surface area contributed by atoms with Gasteiger partial charge in [-0.15, -0.1) is 0 Å². The lowest BCUT2D eigenvalue weighted by molar-refractivity contribution is -0.131. The van der Waals surface area contributed by atoms with Crippen LogP contribution >= 0.6 is 0 Å². The number of hydrogen-bond donors (Lipinski definition) is 1. The van der Waals surface area contributed by atoms with Crippen molar-refractivity contribution in [3.63, 3.8) is 0 Å². The molecular formula is C19H29FN2O2. The van der Waals surface area contributed by atoms with E-state index in [0.717, 1.165) is 19.5 Å². The zero-order valence-electron chi connectivity index (χ0n) is 14.8. The Labute approximate surface area is 144 Å². The molecule has 0 radical (unpaired) electrons. The van der Waals surface area contributed by atoms with Gasteiger partial charge in [-0.3, -0.25) is 4.79 Å². The summed E-state index contributed by atoms with van der Waals surface area (Å²) in [6, 6.07) is 5.99. The molecule has 0 bridgehead atoms. The second-order valence-corrected chi connectivity index (χ2v) is 6.76. The molecule has 1 amide bonds. The number of benzene rings is 1. The van der Waals surface area contributed by atoms with Crippen LogP contribution in [0, 0.1) is 17.7 Å². The van der Waals surface area contributed by atoms with E-state index in [1.165, 1.54) is 25.0 Å². The Balaban J connectivity index is 1.63. The predicted molar refractivity (Wildman–Crippen MR) is 93.5 cm³/mol. The topological polar surface area (TPSA) is 41.6 Å². The minimum atomic E-state index is -0.269. The average molecular weight is 336 g/mol. The number of halogens is 1. The van der Waals surface area contributed by atoms with Gasteiger partial charge >= 0.3 is 0 Å². The third-order valence-corrected chi connectivity index (χ3v) is 4.78. The SMILES string of the molecule is CC(CC(=O)N(C)CCCOc1ccc(F)cc1)C1CCCNC1. The van der Waals surface area contributed by atoms with Crippen LogP contribution in [0.2, 0.25) is 0 Å². The minimum Gasteiger partial charge on any atom is -0.494 e. The summed E-state index contributed by atoms with van der Waals surface area (Å²) in [6.45, 7) is 5.51. The molecule has 24 heavy (non-hydrogen) atoms. The Morgan fingerprint density at radius 1 is 1.42 bits per heavy atom. The number of amides is 1. The summed E-state index contributed by atoms with van der Waals surface area (Å²) in [5, 5.41) is 3.41. The molecule has 134 valence electrons. The molecule has 5 heteroatoms. The normalized spacial score (nSPS) is 18.9. The van der Waals surface area contributed by atoms with Crippen molar-refractivity contribution in [1.29, 1.82) is 0 Å². The van der Waals surface area contributed by atoms with E-state index in [0.29, 0.717) is 37.2 Å². The van der Waals surface area contributed by atoms with Crippen molar-refractivity contribution in [2.24, 2.45) is 11.8 Å². The van der Waals surface area contributed by atoms with Crippen LogP contribution in [0.4, 0.5) is 4.39 Å². The van der Waals surface area contributed by atoms with Gasteiger partial charge in [0.25, 0.3) is 0 Å². The van der Waals surface area contributed by atoms with Crippen LogP contribution in [-0.4, -0.2) is 44.1 Å². The van der Waals surface area contributed by atoms with Crippen LogP contribution in [-0.2, 0) is 4.79 Å². The van der Waals surface area contributed by atoms with Crippen LogP contribution in [0.1, 0.15) is 32.6 Å². The number of carbonyl (C=O) groups excluding carboxylic acids is 1. The Morgan fingerprint density at radius 3 is 2.83 bits per heavy atom. The van der Waals surface area contributed by atoms with Crippen molar-refractivity contribution in [1.82, 2.24) is 10.2 Å². The van der Waals surface area contributed by atoms with Crippen LogP contribution < -0.4 is 10.1 Å². The first kappa shape index (κ1) is 18.7. The van der Waals surface area contributed by atoms with Gasteiger partial charge in [0.1, 0.15) is 11.6 Å². The molecule has 1 aromatic carbocycles. The maximum Gasteiger partial charge on any atom is 0.222 e. The van der Waals surface area contributed by atoms with Crippen molar-refractivity contribution in [3.8, 4) is 5.75 Å². The number of hydrogen-bond acceptors (Lipinski definition) is 3. The highest BCUT2D eigenvalue weighted by Crippen LogP contribution is 2.23. The summed E-state index contributed by atoms with van der Waals surface area (Å²) in [4.78, 5) is 14.1. The summed E-state index contributed by atoms with van der Waals surface area (Å²) in [6.07, 6.45) is 3.80. The predicted octanol–water partition coefficient (Wildman–Crippen LogP) is 3.08. The molecule has 1 aromatic rings. The maximum atomic E-state index is 12.8. The molecule has 0 aliphatic carbocycles. The van der Waals surface area contributed by atoms with Crippen LogP contribution in [0.25, 0.3) is 0 Å². The van der Waals surface area contributed by atoms with E-state index in [4.69, 9.17) is 4.74 Å². The third-order valence-electron chi connectivity index (χ3n) is 4.78. The van der Waals surface area contributed by atoms with Crippen molar-refractivity contribution in [2.45, 2.75) is 32.6 Å². The molecule has 1 heterocycles. The van der Waals surface area contributed by atoms with Gasteiger partial charge in [-0.2, -0.15) is 0 Å². The number of piperidine rings is 1. The van der Waals surface area contributed by atoms with E-state index in [1.807, 2.05) is 7.05 Å². The summed E-state index contributed by atoms with van der Waals surface area (Å²) in [5.74, 6) is 1.62. The molecule has 2 atom stereocenters. The van der Waals surface area contributed by atoms with Crippen molar-refractivity contribution in [3.05, 3.63) is 30.1 Å². The monoisotopic (exact) mass is 336 g/mol. The maximum absolute atomic E-state index is 12.8. The second-order valence-electron chi connectivity index (χ2n) is 6.76. The smallest absolute Gasteiger partial charge is 0.222 e.